The van der Waals surface area contributed by atoms with Crippen LogP contribution in [-0.2, 0) is 4.79 Å². The van der Waals surface area contributed by atoms with Gasteiger partial charge >= 0.3 is 0 Å². The fourth-order valence-electron chi connectivity index (χ4n) is 2.05. The number of rotatable bonds is 3. The predicted molar refractivity (Wildman–Crippen MR) is 55.8 cm³/mol. The average Bonchev–Trinajstić information content (AvgIpc) is 2.17. The second kappa shape index (κ2) is 5.35. The second-order valence-corrected chi connectivity index (χ2v) is 4.46. The summed E-state index contributed by atoms with van der Waals surface area (Å²) in [4.78, 5) is 13.7. The van der Waals surface area contributed by atoms with Crippen LogP contribution in [0, 0.1) is 11.8 Å². The van der Waals surface area contributed by atoms with Crippen LogP contribution < -0.4 is 0 Å². The van der Waals surface area contributed by atoms with Crippen LogP contribution in [0.4, 0.5) is 0 Å². The van der Waals surface area contributed by atoms with E-state index in [0.29, 0.717) is 5.92 Å². The van der Waals surface area contributed by atoms with Gasteiger partial charge in [-0.25, -0.2) is 0 Å². The molecule has 0 radical (unpaired) electrons. The van der Waals surface area contributed by atoms with Gasteiger partial charge in [0.1, 0.15) is 0 Å². The van der Waals surface area contributed by atoms with E-state index in [0.717, 1.165) is 32.4 Å². The van der Waals surface area contributed by atoms with Gasteiger partial charge in [0, 0.05) is 25.6 Å². The maximum absolute atomic E-state index is 11.7. The summed E-state index contributed by atoms with van der Waals surface area (Å²) in [7, 11) is 0. The van der Waals surface area contributed by atoms with E-state index in [2.05, 4.69) is 0 Å². The fourth-order valence-corrected chi connectivity index (χ4v) is 2.05. The number of carbonyl (C=O) groups excluding carboxylic acids is 1. The van der Waals surface area contributed by atoms with Crippen LogP contribution in [-0.4, -0.2) is 35.6 Å². The summed E-state index contributed by atoms with van der Waals surface area (Å²) in [5.74, 6) is 0.868. The SMILES string of the molecule is CC(C)C(=O)N1CCCC(CCO)C1. The minimum Gasteiger partial charge on any atom is -0.396 e. The van der Waals surface area contributed by atoms with Gasteiger partial charge < -0.3 is 10.0 Å². The molecule has 1 atom stereocenters. The first-order valence-electron chi connectivity index (χ1n) is 5.54. The topological polar surface area (TPSA) is 40.5 Å². The molecule has 1 amide bonds. The van der Waals surface area contributed by atoms with Crippen molar-refractivity contribution >= 4 is 5.91 Å². The van der Waals surface area contributed by atoms with Crippen molar-refractivity contribution in [1.29, 1.82) is 0 Å². The summed E-state index contributed by atoms with van der Waals surface area (Å²) >= 11 is 0. The van der Waals surface area contributed by atoms with E-state index >= 15 is 0 Å². The molecule has 14 heavy (non-hydrogen) atoms. The van der Waals surface area contributed by atoms with E-state index in [1.54, 1.807) is 0 Å². The molecule has 0 bridgehead atoms. The van der Waals surface area contributed by atoms with Gasteiger partial charge in [-0.1, -0.05) is 13.8 Å². The zero-order valence-electron chi connectivity index (χ0n) is 9.20. The molecule has 1 rings (SSSR count). The Morgan fingerprint density at radius 2 is 2.29 bits per heavy atom. The van der Waals surface area contributed by atoms with E-state index < -0.39 is 0 Å². The van der Waals surface area contributed by atoms with Crippen LogP contribution in [0.3, 0.4) is 0 Å². The molecule has 0 saturated carbocycles. The van der Waals surface area contributed by atoms with Crippen LogP contribution >= 0.6 is 0 Å². The first-order valence-corrected chi connectivity index (χ1v) is 5.54. The van der Waals surface area contributed by atoms with E-state index in [1.165, 1.54) is 0 Å². The molecule has 1 heterocycles. The number of aliphatic hydroxyl groups is 1. The molecule has 82 valence electrons. The fraction of sp³-hybridized carbons (Fsp3) is 0.909. The zero-order chi connectivity index (χ0) is 10.6. The van der Waals surface area contributed by atoms with Crippen LogP contribution in [0.25, 0.3) is 0 Å². The van der Waals surface area contributed by atoms with E-state index in [9.17, 15) is 4.79 Å². The number of nitrogens with zero attached hydrogens (tertiary/aromatic N) is 1. The molecular formula is C11H21NO2. The first kappa shape index (κ1) is 11.5. The Labute approximate surface area is 86.1 Å². The average molecular weight is 199 g/mol. The molecule has 1 saturated heterocycles. The highest BCUT2D eigenvalue weighted by Crippen LogP contribution is 2.20. The molecule has 1 aliphatic heterocycles. The zero-order valence-corrected chi connectivity index (χ0v) is 9.20. The lowest BCUT2D eigenvalue weighted by Gasteiger charge is -2.33. The Bertz CT molecular complexity index is 190. The van der Waals surface area contributed by atoms with Crippen molar-refractivity contribution < 1.29 is 9.90 Å². The molecule has 1 unspecified atom stereocenters. The van der Waals surface area contributed by atoms with Gasteiger partial charge in [-0.15, -0.1) is 0 Å². The van der Waals surface area contributed by atoms with E-state index in [-0.39, 0.29) is 18.4 Å². The molecule has 1 fully saturated rings. The number of piperidine rings is 1. The Morgan fingerprint density at radius 1 is 1.57 bits per heavy atom. The number of aliphatic hydroxyl groups excluding tert-OH is 1. The highest BCUT2D eigenvalue weighted by Gasteiger charge is 2.24. The smallest absolute Gasteiger partial charge is 0.225 e. The molecule has 1 aliphatic rings. The summed E-state index contributed by atoms with van der Waals surface area (Å²) in [5, 5.41) is 8.85. The van der Waals surface area contributed by atoms with Gasteiger partial charge in [0.25, 0.3) is 0 Å². The number of carbonyl (C=O) groups is 1. The lowest BCUT2D eigenvalue weighted by atomic mass is 9.94. The van der Waals surface area contributed by atoms with Crippen molar-refractivity contribution in [3.8, 4) is 0 Å². The molecule has 3 nitrogen and oxygen atoms in total. The van der Waals surface area contributed by atoms with Crippen molar-refractivity contribution in [2.45, 2.75) is 33.1 Å². The molecule has 1 N–H and O–H groups in total. The summed E-state index contributed by atoms with van der Waals surface area (Å²) in [6.45, 7) is 5.88. The molecular weight excluding hydrogens is 178 g/mol. The van der Waals surface area contributed by atoms with E-state index in [1.807, 2.05) is 18.7 Å². The summed E-state index contributed by atoms with van der Waals surface area (Å²) in [6.07, 6.45) is 3.08. The van der Waals surface area contributed by atoms with Crippen molar-refractivity contribution in [2.24, 2.45) is 11.8 Å². The third kappa shape index (κ3) is 2.98. The van der Waals surface area contributed by atoms with Crippen LogP contribution in [0.2, 0.25) is 0 Å². The van der Waals surface area contributed by atoms with E-state index in [4.69, 9.17) is 5.11 Å². The van der Waals surface area contributed by atoms with Crippen molar-refractivity contribution in [3.63, 3.8) is 0 Å². The van der Waals surface area contributed by atoms with Gasteiger partial charge in [0.2, 0.25) is 5.91 Å². The Hall–Kier alpha value is -0.570. The summed E-state index contributed by atoms with van der Waals surface area (Å²) in [5.41, 5.74) is 0. The van der Waals surface area contributed by atoms with Gasteiger partial charge in [-0.05, 0) is 25.2 Å². The van der Waals surface area contributed by atoms with Crippen molar-refractivity contribution in [2.75, 3.05) is 19.7 Å². The number of likely N-dealkylation sites (tertiary alicyclic amines) is 1. The van der Waals surface area contributed by atoms with Gasteiger partial charge in [-0.3, -0.25) is 4.79 Å². The molecule has 0 aromatic heterocycles. The Kier molecular flexibility index (Phi) is 4.39. The Morgan fingerprint density at radius 3 is 2.86 bits per heavy atom. The molecule has 3 heteroatoms. The highest BCUT2D eigenvalue weighted by molar-refractivity contribution is 5.78. The van der Waals surface area contributed by atoms with Crippen molar-refractivity contribution in [3.05, 3.63) is 0 Å². The quantitative estimate of drug-likeness (QED) is 0.743. The van der Waals surface area contributed by atoms with Gasteiger partial charge in [0.05, 0.1) is 0 Å². The molecule has 0 aliphatic carbocycles. The monoisotopic (exact) mass is 199 g/mol. The van der Waals surface area contributed by atoms with Crippen LogP contribution in [0.1, 0.15) is 33.1 Å². The summed E-state index contributed by atoms with van der Waals surface area (Å²) in [6, 6.07) is 0. The minimum absolute atomic E-state index is 0.0999. The van der Waals surface area contributed by atoms with Crippen molar-refractivity contribution in [1.82, 2.24) is 4.90 Å². The third-order valence-electron chi connectivity index (χ3n) is 2.86. The second-order valence-electron chi connectivity index (χ2n) is 4.46. The largest absolute Gasteiger partial charge is 0.396 e. The minimum atomic E-state index is 0.0999. The molecule has 0 aromatic carbocycles. The first-order chi connectivity index (χ1) is 6.65. The normalized spacial score (nSPS) is 22.9. The molecule has 0 spiro atoms. The lowest BCUT2D eigenvalue weighted by molar-refractivity contribution is -0.136. The predicted octanol–water partition coefficient (Wildman–Crippen LogP) is 1.26. The summed E-state index contributed by atoms with van der Waals surface area (Å²) < 4.78 is 0. The third-order valence-corrected chi connectivity index (χ3v) is 2.86. The number of amides is 1. The van der Waals surface area contributed by atoms with Gasteiger partial charge in [0.15, 0.2) is 0 Å². The maximum Gasteiger partial charge on any atom is 0.225 e. The highest BCUT2D eigenvalue weighted by atomic mass is 16.3. The Balaban J connectivity index is 2.43. The van der Waals surface area contributed by atoms with Crippen LogP contribution in [0.15, 0.2) is 0 Å². The van der Waals surface area contributed by atoms with Gasteiger partial charge in [-0.2, -0.15) is 0 Å². The number of hydrogen-bond donors (Lipinski definition) is 1. The lowest BCUT2D eigenvalue weighted by Crippen LogP contribution is -2.42. The standard InChI is InChI=1S/C11H21NO2/c1-9(2)11(14)12-6-3-4-10(8-12)5-7-13/h9-10,13H,3-8H2,1-2H3. The van der Waals surface area contributed by atoms with Crippen LogP contribution in [0.5, 0.6) is 0 Å². The maximum atomic E-state index is 11.7. The molecule has 0 aromatic rings. The number of hydrogen-bond acceptors (Lipinski definition) is 2.